The molecule has 2 saturated heterocycles. The van der Waals surface area contributed by atoms with E-state index in [1.165, 1.54) is 32.2 Å². The Labute approximate surface area is 128 Å². The van der Waals surface area contributed by atoms with Crippen molar-refractivity contribution in [1.29, 1.82) is 0 Å². The molecule has 0 N–H and O–H groups in total. The van der Waals surface area contributed by atoms with Gasteiger partial charge in [0.2, 0.25) is 5.91 Å². The Hall–Kier alpha value is -0.610. The number of likely N-dealkylation sites (tertiary alicyclic amines) is 2. The number of carbonyl (C=O) groups excluding carboxylic acids is 1. The fourth-order valence-electron chi connectivity index (χ4n) is 4.46. The van der Waals surface area contributed by atoms with E-state index in [0.717, 1.165) is 51.5 Å². The van der Waals surface area contributed by atoms with Gasteiger partial charge in [-0.05, 0) is 37.6 Å². The normalized spacial score (nSPS) is 31.4. The summed E-state index contributed by atoms with van der Waals surface area (Å²) in [5.74, 6) is 2.25. The minimum absolute atomic E-state index is 0.337. The summed E-state index contributed by atoms with van der Waals surface area (Å²) in [5.41, 5.74) is 0. The number of hydrogen-bond acceptors (Lipinski definition) is 3. The van der Waals surface area contributed by atoms with Crippen LogP contribution in [-0.2, 0) is 9.53 Å². The third-order valence-corrected chi connectivity index (χ3v) is 5.76. The van der Waals surface area contributed by atoms with Gasteiger partial charge in [0.25, 0.3) is 0 Å². The first-order valence-electron chi connectivity index (χ1n) is 8.78. The van der Waals surface area contributed by atoms with Crippen LogP contribution in [0.1, 0.15) is 38.5 Å². The lowest BCUT2D eigenvalue weighted by Crippen LogP contribution is -2.41. The number of amides is 1. The second kappa shape index (κ2) is 7.10. The van der Waals surface area contributed by atoms with Crippen LogP contribution in [0.5, 0.6) is 0 Å². The molecule has 0 aromatic rings. The van der Waals surface area contributed by atoms with Crippen LogP contribution in [-0.4, -0.2) is 62.1 Å². The summed E-state index contributed by atoms with van der Waals surface area (Å²) in [6, 6.07) is 0. The highest BCUT2D eigenvalue weighted by atomic mass is 16.5. The van der Waals surface area contributed by atoms with Crippen LogP contribution >= 0.6 is 0 Å². The summed E-state index contributed by atoms with van der Waals surface area (Å²) in [4.78, 5) is 17.4. The van der Waals surface area contributed by atoms with Gasteiger partial charge in [-0.1, -0.05) is 19.3 Å². The Bertz CT molecular complexity index is 355. The Morgan fingerprint density at radius 3 is 2.57 bits per heavy atom. The van der Waals surface area contributed by atoms with Crippen molar-refractivity contribution in [3.8, 4) is 0 Å². The van der Waals surface area contributed by atoms with E-state index in [1.54, 1.807) is 7.11 Å². The summed E-state index contributed by atoms with van der Waals surface area (Å²) in [6.07, 6.45) is 7.34. The highest BCUT2D eigenvalue weighted by Gasteiger charge is 2.40. The van der Waals surface area contributed by atoms with E-state index in [1.807, 2.05) is 0 Å². The average molecular weight is 294 g/mol. The van der Waals surface area contributed by atoms with Crippen LogP contribution in [0.15, 0.2) is 0 Å². The van der Waals surface area contributed by atoms with E-state index in [-0.39, 0.29) is 0 Å². The zero-order chi connectivity index (χ0) is 14.7. The van der Waals surface area contributed by atoms with E-state index in [0.29, 0.717) is 17.7 Å². The largest absolute Gasteiger partial charge is 0.383 e. The molecule has 4 nitrogen and oxygen atoms in total. The minimum Gasteiger partial charge on any atom is -0.383 e. The maximum absolute atomic E-state index is 12.7. The number of piperidine rings is 1. The van der Waals surface area contributed by atoms with Crippen molar-refractivity contribution in [3.63, 3.8) is 0 Å². The molecule has 0 bridgehead atoms. The number of carbonyl (C=O) groups is 1. The molecule has 0 aromatic heterocycles. The molecule has 2 atom stereocenters. The van der Waals surface area contributed by atoms with Gasteiger partial charge >= 0.3 is 0 Å². The van der Waals surface area contributed by atoms with Gasteiger partial charge in [0, 0.05) is 39.2 Å². The van der Waals surface area contributed by atoms with Crippen LogP contribution in [0, 0.1) is 17.8 Å². The molecule has 1 saturated carbocycles. The summed E-state index contributed by atoms with van der Waals surface area (Å²) in [5, 5.41) is 0. The van der Waals surface area contributed by atoms with Gasteiger partial charge in [0.15, 0.2) is 0 Å². The number of rotatable bonds is 4. The first-order chi connectivity index (χ1) is 10.3. The smallest absolute Gasteiger partial charge is 0.225 e. The van der Waals surface area contributed by atoms with Gasteiger partial charge in [-0.25, -0.2) is 0 Å². The quantitative estimate of drug-likeness (QED) is 0.795. The molecule has 21 heavy (non-hydrogen) atoms. The van der Waals surface area contributed by atoms with Crippen molar-refractivity contribution in [2.45, 2.75) is 38.5 Å². The molecule has 3 fully saturated rings. The number of methoxy groups -OCH3 is 1. The lowest BCUT2D eigenvalue weighted by atomic mass is 9.88. The molecular weight excluding hydrogens is 264 g/mol. The first-order valence-corrected chi connectivity index (χ1v) is 8.78. The van der Waals surface area contributed by atoms with Crippen molar-refractivity contribution in [1.82, 2.24) is 9.80 Å². The van der Waals surface area contributed by atoms with Crippen molar-refractivity contribution < 1.29 is 9.53 Å². The van der Waals surface area contributed by atoms with Crippen LogP contribution < -0.4 is 0 Å². The summed E-state index contributed by atoms with van der Waals surface area (Å²) < 4.78 is 5.19. The van der Waals surface area contributed by atoms with Gasteiger partial charge < -0.3 is 14.5 Å². The maximum atomic E-state index is 12.7. The summed E-state index contributed by atoms with van der Waals surface area (Å²) in [7, 11) is 1.77. The first kappa shape index (κ1) is 15.3. The molecular formula is C17H30N2O2. The molecule has 1 amide bonds. The second-order valence-corrected chi connectivity index (χ2v) is 7.18. The molecule has 2 heterocycles. The monoisotopic (exact) mass is 294 g/mol. The number of hydrogen-bond donors (Lipinski definition) is 0. The Kier molecular flexibility index (Phi) is 5.17. The molecule has 4 heteroatoms. The minimum atomic E-state index is 0.337. The van der Waals surface area contributed by atoms with Crippen molar-refractivity contribution >= 4 is 5.91 Å². The molecule has 2 aliphatic heterocycles. The number of nitrogens with zero attached hydrogens (tertiary/aromatic N) is 2. The fourth-order valence-corrected chi connectivity index (χ4v) is 4.46. The zero-order valence-electron chi connectivity index (χ0n) is 13.4. The molecule has 0 unspecified atom stereocenters. The van der Waals surface area contributed by atoms with Gasteiger partial charge in [-0.3, -0.25) is 4.79 Å². The second-order valence-electron chi connectivity index (χ2n) is 7.18. The summed E-state index contributed by atoms with van der Waals surface area (Å²) >= 11 is 0. The Morgan fingerprint density at radius 2 is 1.81 bits per heavy atom. The Balaban J connectivity index is 1.51. The lowest BCUT2D eigenvalue weighted by Gasteiger charge is -2.33. The molecule has 1 aliphatic carbocycles. The van der Waals surface area contributed by atoms with Gasteiger partial charge in [0.1, 0.15) is 0 Å². The van der Waals surface area contributed by atoms with Crippen molar-refractivity contribution in [2.24, 2.45) is 17.8 Å². The SMILES string of the molecule is COCCN1CC[C@H]2CN(C(=O)C3CCCCC3)C[C@H]2C1. The highest BCUT2D eigenvalue weighted by molar-refractivity contribution is 5.79. The molecule has 0 radical (unpaired) electrons. The third-order valence-electron chi connectivity index (χ3n) is 5.76. The average Bonchev–Trinajstić information content (AvgIpc) is 2.96. The van der Waals surface area contributed by atoms with Gasteiger partial charge in [-0.15, -0.1) is 0 Å². The Morgan fingerprint density at radius 1 is 1.05 bits per heavy atom. The third kappa shape index (κ3) is 3.59. The molecule has 0 spiro atoms. The van der Waals surface area contributed by atoms with Crippen LogP contribution in [0.3, 0.4) is 0 Å². The predicted molar refractivity (Wildman–Crippen MR) is 83.1 cm³/mol. The van der Waals surface area contributed by atoms with E-state index in [2.05, 4.69) is 9.80 Å². The van der Waals surface area contributed by atoms with E-state index in [9.17, 15) is 4.79 Å². The van der Waals surface area contributed by atoms with Crippen molar-refractivity contribution in [2.75, 3.05) is 46.4 Å². The molecule has 120 valence electrons. The predicted octanol–water partition coefficient (Wildman–Crippen LogP) is 1.99. The van der Waals surface area contributed by atoms with Gasteiger partial charge in [0.05, 0.1) is 6.61 Å². The zero-order valence-corrected chi connectivity index (χ0v) is 13.4. The molecule has 3 aliphatic rings. The highest BCUT2D eigenvalue weighted by Crippen LogP contribution is 2.34. The lowest BCUT2D eigenvalue weighted by molar-refractivity contribution is -0.135. The maximum Gasteiger partial charge on any atom is 0.225 e. The topological polar surface area (TPSA) is 32.8 Å². The van der Waals surface area contributed by atoms with E-state index >= 15 is 0 Å². The van der Waals surface area contributed by atoms with Crippen LogP contribution in [0.25, 0.3) is 0 Å². The number of ether oxygens (including phenoxy) is 1. The number of fused-ring (bicyclic) bond motifs is 1. The standard InChI is InChI=1S/C17H30N2O2/c1-21-10-9-18-8-7-15-12-19(13-16(15)11-18)17(20)14-5-3-2-4-6-14/h14-16H,2-13H2,1H3/t15-,16+/m0/s1. The summed E-state index contributed by atoms with van der Waals surface area (Å²) in [6.45, 7) is 6.22. The van der Waals surface area contributed by atoms with Crippen LogP contribution in [0.2, 0.25) is 0 Å². The molecule has 3 rings (SSSR count). The van der Waals surface area contributed by atoms with E-state index in [4.69, 9.17) is 4.74 Å². The van der Waals surface area contributed by atoms with Gasteiger partial charge in [-0.2, -0.15) is 0 Å². The fraction of sp³-hybridized carbons (Fsp3) is 0.941. The van der Waals surface area contributed by atoms with Crippen LogP contribution in [0.4, 0.5) is 0 Å². The molecule has 0 aromatic carbocycles. The van der Waals surface area contributed by atoms with E-state index < -0.39 is 0 Å². The van der Waals surface area contributed by atoms with Crippen molar-refractivity contribution in [3.05, 3.63) is 0 Å².